The largest absolute Gasteiger partial charge is 0.454 e. The molecule has 0 aromatic heterocycles. The van der Waals surface area contributed by atoms with E-state index in [0.717, 1.165) is 10.0 Å². The van der Waals surface area contributed by atoms with Gasteiger partial charge in [-0.25, -0.2) is 0 Å². The molecule has 6 nitrogen and oxygen atoms in total. The topological polar surface area (TPSA) is 72.3 Å². The average molecular weight is 342 g/mol. The number of nitrogens with one attached hydrogen (secondary N) is 1. The molecule has 0 atom stereocenters. The minimum absolute atomic E-state index is 0.0526. The van der Waals surface area contributed by atoms with Crippen LogP contribution in [0.1, 0.15) is 5.56 Å². The molecule has 1 fully saturated rings. The second kappa shape index (κ2) is 5.22. The van der Waals surface area contributed by atoms with Crippen molar-refractivity contribution in [3.05, 3.63) is 22.2 Å². The van der Waals surface area contributed by atoms with Crippen LogP contribution in [0.4, 0.5) is 0 Å². The summed E-state index contributed by atoms with van der Waals surface area (Å²) in [6, 6.07) is 3.64. The summed E-state index contributed by atoms with van der Waals surface area (Å²) in [6.45, 7) is 0.230. The lowest BCUT2D eigenvalue weighted by Crippen LogP contribution is -2.19. The van der Waals surface area contributed by atoms with Crippen molar-refractivity contribution in [1.82, 2.24) is 5.32 Å². The molecule has 98 valence electrons. The lowest BCUT2D eigenvalue weighted by molar-refractivity contribution is -0.116. The molecule has 3 rings (SSSR count). The molecule has 1 aromatic rings. The zero-order valence-corrected chi connectivity index (χ0v) is 12.0. The molecular formula is C11H8BrN3O3S. The van der Waals surface area contributed by atoms with Crippen LogP contribution < -0.4 is 14.8 Å². The smallest absolute Gasteiger partial charge is 0.236 e. The Bertz CT molecular complexity index is 603. The van der Waals surface area contributed by atoms with E-state index in [9.17, 15) is 4.79 Å². The summed E-state index contributed by atoms with van der Waals surface area (Å²) >= 11 is 4.75. The number of halogens is 1. The standard InChI is InChI=1S/C11H8BrN3O3S/c12-7-2-9-8(17-5-18-9)1-6(7)3-13-15-11-14-10(16)4-19-11/h1-3H,4-5H2,(H,14,15,16). The van der Waals surface area contributed by atoms with Gasteiger partial charge in [-0.2, -0.15) is 5.10 Å². The van der Waals surface area contributed by atoms with Crippen molar-refractivity contribution >= 4 is 45.0 Å². The molecule has 19 heavy (non-hydrogen) atoms. The molecule has 8 heteroatoms. The summed E-state index contributed by atoms with van der Waals surface area (Å²) in [5.74, 6) is 1.72. The molecule has 1 amide bonds. The van der Waals surface area contributed by atoms with E-state index in [1.807, 2.05) is 12.1 Å². The molecule has 1 N–H and O–H groups in total. The Kier molecular flexibility index (Phi) is 3.43. The summed E-state index contributed by atoms with van der Waals surface area (Å²) in [5.41, 5.74) is 0.822. The van der Waals surface area contributed by atoms with Crippen molar-refractivity contribution in [2.24, 2.45) is 10.2 Å². The van der Waals surface area contributed by atoms with Gasteiger partial charge in [0.05, 0.1) is 12.0 Å². The summed E-state index contributed by atoms with van der Waals surface area (Å²) in [7, 11) is 0. The van der Waals surface area contributed by atoms with Gasteiger partial charge in [-0.3, -0.25) is 4.79 Å². The van der Waals surface area contributed by atoms with Crippen LogP contribution in [0.15, 0.2) is 26.8 Å². The van der Waals surface area contributed by atoms with E-state index in [2.05, 4.69) is 31.4 Å². The molecule has 1 saturated heterocycles. The molecule has 2 aliphatic rings. The number of amidine groups is 1. The van der Waals surface area contributed by atoms with Gasteiger partial charge >= 0.3 is 0 Å². The van der Waals surface area contributed by atoms with Gasteiger partial charge in [0.25, 0.3) is 0 Å². The zero-order chi connectivity index (χ0) is 13.2. The van der Waals surface area contributed by atoms with Crippen molar-refractivity contribution in [1.29, 1.82) is 0 Å². The van der Waals surface area contributed by atoms with E-state index < -0.39 is 0 Å². The first-order chi connectivity index (χ1) is 9.22. The average Bonchev–Trinajstić information content (AvgIpc) is 2.98. The van der Waals surface area contributed by atoms with E-state index in [1.165, 1.54) is 11.8 Å². The number of rotatable bonds is 2. The highest BCUT2D eigenvalue weighted by atomic mass is 79.9. The first-order valence-electron chi connectivity index (χ1n) is 5.35. The van der Waals surface area contributed by atoms with Gasteiger partial charge in [0, 0.05) is 10.0 Å². The van der Waals surface area contributed by atoms with Crippen molar-refractivity contribution in [2.45, 2.75) is 0 Å². The Morgan fingerprint density at radius 3 is 2.89 bits per heavy atom. The quantitative estimate of drug-likeness (QED) is 0.656. The van der Waals surface area contributed by atoms with E-state index >= 15 is 0 Å². The van der Waals surface area contributed by atoms with Crippen LogP contribution in [0, 0.1) is 0 Å². The molecule has 2 aliphatic heterocycles. The van der Waals surface area contributed by atoms with Crippen LogP contribution in [0.25, 0.3) is 0 Å². The van der Waals surface area contributed by atoms with Gasteiger partial charge < -0.3 is 14.8 Å². The second-order valence-corrected chi connectivity index (χ2v) is 5.53. The third-order valence-corrected chi connectivity index (χ3v) is 3.97. The number of hydrogen-bond donors (Lipinski definition) is 1. The number of benzene rings is 1. The Morgan fingerprint density at radius 1 is 1.37 bits per heavy atom. The third-order valence-electron chi connectivity index (χ3n) is 2.42. The second-order valence-electron chi connectivity index (χ2n) is 3.71. The van der Waals surface area contributed by atoms with Crippen LogP contribution in [-0.4, -0.2) is 29.8 Å². The highest BCUT2D eigenvalue weighted by Gasteiger charge is 2.17. The molecule has 0 spiro atoms. The first-order valence-corrected chi connectivity index (χ1v) is 7.13. The van der Waals surface area contributed by atoms with Gasteiger partial charge in [-0.15, -0.1) is 5.10 Å². The highest BCUT2D eigenvalue weighted by molar-refractivity contribution is 9.10. The Hall–Kier alpha value is -1.54. The summed E-state index contributed by atoms with van der Waals surface area (Å²) < 4.78 is 11.4. The number of amides is 1. The fourth-order valence-corrected chi connectivity index (χ4v) is 2.61. The highest BCUT2D eigenvalue weighted by Crippen LogP contribution is 2.36. The predicted octanol–water partition coefficient (Wildman–Crippen LogP) is 1.73. The molecule has 0 aliphatic carbocycles. The monoisotopic (exact) mass is 341 g/mol. The van der Waals surface area contributed by atoms with Crippen LogP contribution in [0.5, 0.6) is 11.5 Å². The normalized spacial score (nSPS) is 19.4. The SMILES string of the molecule is O=C1CSC(=NN=Cc2cc3c(cc2Br)OCO3)N1. The van der Waals surface area contributed by atoms with Crippen molar-refractivity contribution in [3.63, 3.8) is 0 Å². The molecular weight excluding hydrogens is 334 g/mol. The molecule has 0 saturated carbocycles. The van der Waals surface area contributed by atoms with Crippen molar-refractivity contribution in [2.75, 3.05) is 12.5 Å². The van der Waals surface area contributed by atoms with Crippen LogP contribution in [-0.2, 0) is 4.79 Å². The lowest BCUT2D eigenvalue weighted by Gasteiger charge is -2.00. The molecule has 0 radical (unpaired) electrons. The van der Waals surface area contributed by atoms with E-state index in [0.29, 0.717) is 22.4 Å². The van der Waals surface area contributed by atoms with Gasteiger partial charge in [0.2, 0.25) is 12.7 Å². The zero-order valence-electron chi connectivity index (χ0n) is 9.55. The summed E-state index contributed by atoms with van der Waals surface area (Å²) in [4.78, 5) is 11.0. The maximum atomic E-state index is 11.0. The molecule has 0 unspecified atom stereocenters. The van der Waals surface area contributed by atoms with E-state index in [4.69, 9.17) is 9.47 Å². The summed E-state index contributed by atoms with van der Waals surface area (Å²) in [6.07, 6.45) is 1.59. The van der Waals surface area contributed by atoms with Gasteiger partial charge in [-0.05, 0) is 28.1 Å². The van der Waals surface area contributed by atoms with Crippen LogP contribution in [0.2, 0.25) is 0 Å². The van der Waals surface area contributed by atoms with Gasteiger partial charge in [0.15, 0.2) is 16.7 Å². The number of carbonyl (C=O) groups is 1. The fourth-order valence-electron chi connectivity index (χ4n) is 1.55. The third kappa shape index (κ3) is 2.74. The van der Waals surface area contributed by atoms with E-state index in [1.54, 1.807) is 6.21 Å². The minimum Gasteiger partial charge on any atom is -0.454 e. The maximum Gasteiger partial charge on any atom is 0.236 e. The number of fused-ring (bicyclic) bond motifs is 1. The van der Waals surface area contributed by atoms with Gasteiger partial charge in [-0.1, -0.05) is 11.8 Å². The Morgan fingerprint density at radius 2 is 2.16 bits per heavy atom. The molecule has 0 bridgehead atoms. The van der Waals surface area contributed by atoms with Crippen LogP contribution in [0.3, 0.4) is 0 Å². The fraction of sp³-hybridized carbons (Fsp3) is 0.182. The first kappa shape index (κ1) is 12.5. The minimum atomic E-state index is -0.0526. The maximum absolute atomic E-state index is 11.0. The molecule has 2 heterocycles. The molecule has 1 aromatic carbocycles. The number of carbonyl (C=O) groups excluding carboxylic acids is 1. The van der Waals surface area contributed by atoms with Crippen LogP contribution >= 0.6 is 27.7 Å². The van der Waals surface area contributed by atoms with Crippen molar-refractivity contribution in [3.8, 4) is 11.5 Å². The summed E-state index contributed by atoms with van der Waals surface area (Å²) in [5, 5.41) is 11.0. The Balaban J connectivity index is 1.78. The number of ether oxygens (including phenoxy) is 2. The number of hydrogen-bond acceptors (Lipinski definition) is 6. The Labute approximate surface area is 121 Å². The van der Waals surface area contributed by atoms with E-state index in [-0.39, 0.29) is 12.7 Å². The van der Waals surface area contributed by atoms with Gasteiger partial charge in [0.1, 0.15) is 0 Å². The number of thioether (sulfide) groups is 1. The lowest BCUT2D eigenvalue weighted by atomic mass is 10.2. The predicted molar refractivity (Wildman–Crippen MR) is 75.9 cm³/mol. The number of nitrogens with zero attached hydrogens (tertiary/aromatic N) is 2. The van der Waals surface area contributed by atoms with Crippen molar-refractivity contribution < 1.29 is 14.3 Å².